The molecule has 8 nitrogen and oxygen atoms in total. The molecule has 9 heteroatoms. The highest BCUT2D eigenvalue weighted by atomic mass is 32.1. The molecular weight excluding hydrogens is 352 g/mol. The van der Waals surface area contributed by atoms with Crippen molar-refractivity contribution in [2.24, 2.45) is 0 Å². The lowest BCUT2D eigenvalue weighted by atomic mass is 10.1. The fourth-order valence-corrected chi connectivity index (χ4v) is 3.68. The van der Waals surface area contributed by atoms with Gasteiger partial charge in [-0.2, -0.15) is 0 Å². The Hall–Kier alpha value is -2.78. The van der Waals surface area contributed by atoms with Crippen LogP contribution in [0.15, 0.2) is 30.6 Å². The van der Waals surface area contributed by atoms with Crippen LogP contribution in [0.1, 0.15) is 29.0 Å². The van der Waals surface area contributed by atoms with Crippen LogP contribution in [-0.4, -0.2) is 50.1 Å². The third-order valence-corrected chi connectivity index (χ3v) is 5.23. The molecule has 0 radical (unpaired) electrons. The van der Waals surface area contributed by atoms with E-state index in [0.717, 1.165) is 5.56 Å². The summed E-state index contributed by atoms with van der Waals surface area (Å²) in [6.45, 7) is 2.61. The van der Waals surface area contributed by atoms with Gasteiger partial charge < -0.3 is 21.1 Å². The zero-order chi connectivity index (χ0) is 18.3. The number of likely N-dealkylation sites (tertiary alicyclic amines) is 1. The summed E-state index contributed by atoms with van der Waals surface area (Å²) >= 11 is 1.29. The number of nitrogen functional groups attached to an aromatic ring is 1. The molecule has 1 unspecified atom stereocenters. The number of hydrogen-bond acceptors (Lipinski definition) is 8. The standard InChI is InChI=1S/C17H18N6O2S/c1-9(10-3-2-4-19-6-10)20-17-21-12-5-13(18)26-15(12)14(22-17)16(25)23-7-11(24)8-23/h2-6,9,11,24H,7-8,18H2,1H3,(H,20,21,22). The highest BCUT2D eigenvalue weighted by Gasteiger charge is 2.32. The van der Waals surface area contributed by atoms with Gasteiger partial charge in [0.15, 0.2) is 5.69 Å². The minimum absolute atomic E-state index is 0.0779. The second-order valence-corrected chi connectivity index (χ2v) is 7.36. The topological polar surface area (TPSA) is 117 Å². The summed E-state index contributed by atoms with van der Waals surface area (Å²) in [5, 5.41) is 13.3. The van der Waals surface area contributed by atoms with Crippen molar-refractivity contribution in [1.82, 2.24) is 19.9 Å². The number of aliphatic hydroxyl groups is 1. The first kappa shape index (κ1) is 16.7. The first-order valence-corrected chi connectivity index (χ1v) is 9.04. The average Bonchev–Trinajstić information content (AvgIpc) is 2.98. The summed E-state index contributed by atoms with van der Waals surface area (Å²) in [7, 11) is 0. The maximum atomic E-state index is 12.8. The number of fused-ring (bicyclic) bond motifs is 1. The molecule has 0 aromatic carbocycles. The SMILES string of the molecule is CC(Nc1nc(C(=O)N2CC(O)C2)c2sc(N)cc2n1)c1cccnc1. The number of carbonyl (C=O) groups excluding carboxylic acids is 1. The Bertz CT molecular complexity index is 955. The second-order valence-electron chi connectivity index (χ2n) is 6.28. The minimum atomic E-state index is -0.465. The minimum Gasteiger partial charge on any atom is -0.391 e. The molecule has 4 heterocycles. The van der Waals surface area contributed by atoms with Crippen molar-refractivity contribution >= 4 is 38.4 Å². The van der Waals surface area contributed by atoms with Crippen molar-refractivity contribution in [1.29, 1.82) is 0 Å². The van der Waals surface area contributed by atoms with Crippen molar-refractivity contribution in [3.05, 3.63) is 41.9 Å². The van der Waals surface area contributed by atoms with Crippen LogP contribution >= 0.6 is 11.3 Å². The Labute approximate surface area is 153 Å². The summed E-state index contributed by atoms with van der Waals surface area (Å²) in [6, 6.07) is 5.48. The molecule has 0 saturated carbocycles. The first-order valence-electron chi connectivity index (χ1n) is 8.22. The van der Waals surface area contributed by atoms with Crippen molar-refractivity contribution in [2.75, 3.05) is 24.1 Å². The number of aromatic nitrogens is 3. The molecule has 1 saturated heterocycles. The van der Waals surface area contributed by atoms with E-state index in [-0.39, 0.29) is 11.9 Å². The number of nitrogens with one attached hydrogen (secondary N) is 1. The maximum absolute atomic E-state index is 12.8. The molecule has 4 rings (SSSR count). The number of amides is 1. The maximum Gasteiger partial charge on any atom is 0.274 e. The zero-order valence-corrected chi connectivity index (χ0v) is 14.9. The molecular formula is C17H18N6O2S. The molecule has 4 N–H and O–H groups in total. The van der Waals surface area contributed by atoms with Gasteiger partial charge in [0.05, 0.1) is 27.4 Å². The van der Waals surface area contributed by atoms with Crippen molar-refractivity contribution in [3.63, 3.8) is 0 Å². The van der Waals surface area contributed by atoms with Crippen LogP contribution in [0.3, 0.4) is 0 Å². The van der Waals surface area contributed by atoms with E-state index in [4.69, 9.17) is 5.73 Å². The molecule has 1 atom stereocenters. The Morgan fingerprint density at radius 2 is 2.27 bits per heavy atom. The quantitative estimate of drug-likeness (QED) is 0.639. The number of pyridine rings is 1. The van der Waals surface area contributed by atoms with Crippen LogP contribution in [0.2, 0.25) is 0 Å². The van der Waals surface area contributed by atoms with Gasteiger partial charge in [-0.05, 0) is 24.6 Å². The molecule has 0 bridgehead atoms. The van der Waals surface area contributed by atoms with E-state index in [2.05, 4.69) is 20.3 Å². The Morgan fingerprint density at radius 1 is 1.46 bits per heavy atom. The highest BCUT2D eigenvalue weighted by Crippen LogP contribution is 2.31. The number of anilines is 2. The lowest BCUT2D eigenvalue weighted by molar-refractivity contribution is 0.00567. The Morgan fingerprint density at radius 3 is 2.96 bits per heavy atom. The monoisotopic (exact) mass is 370 g/mol. The fourth-order valence-electron chi connectivity index (χ4n) is 2.84. The van der Waals surface area contributed by atoms with Gasteiger partial charge in [0.25, 0.3) is 5.91 Å². The van der Waals surface area contributed by atoms with Gasteiger partial charge in [-0.3, -0.25) is 9.78 Å². The second kappa shape index (κ2) is 6.50. The lowest BCUT2D eigenvalue weighted by Crippen LogP contribution is -2.53. The molecule has 26 heavy (non-hydrogen) atoms. The first-order chi connectivity index (χ1) is 12.5. The summed E-state index contributed by atoms with van der Waals surface area (Å²) < 4.78 is 0.661. The highest BCUT2D eigenvalue weighted by molar-refractivity contribution is 7.22. The van der Waals surface area contributed by atoms with Gasteiger partial charge in [-0.25, -0.2) is 9.97 Å². The summed E-state index contributed by atoms with van der Waals surface area (Å²) in [5.74, 6) is 0.137. The lowest BCUT2D eigenvalue weighted by Gasteiger charge is -2.35. The summed E-state index contributed by atoms with van der Waals surface area (Å²) in [4.78, 5) is 27.4. The molecule has 134 valence electrons. The van der Waals surface area contributed by atoms with E-state index in [1.807, 2.05) is 19.1 Å². The fraction of sp³-hybridized carbons (Fsp3) is 0.294. The van der Waals surface area contributed by atoms with E-state index in [1.54, 1.807) is 23.4 Å². The third-order valence-electron chi connectivity index (χ3n) is 4.27. The number of nitrogens with two attached hydrogens (primary N) is 1. The molecule has 1 amide bonds. The van der Waals surface area contributed by atoms with Gasteiger partial charge in [0.2, 0.25) is 5.95 Å². The number of carbonyl (C=O) groups is 1. The van der Waals surface area contributed by atoms with E-state index in [1.165, 1.54) is 11.3 Å². The number of nitrogens with zero attached hydrogens (tertiary/aromatic N) is 4. The van der Waals surface area contributed by atoms with E-state index >= 15 is 0 Å². The predicted molar refractivity (Wildman–Crippen MR) is 100 cm³/mol. The van der Waals surface area contributed by atoms with Crippen LogP contribution in [-0.2, 0) is 0 Å². The smallest absolute Gasteiger partial charge is 0.274 e. The van der Waals surface area contributed by atoms with Crippen LogP contribution in [0.4, 0.5) is 10.9 Å². The van der Waals surface area contributed by atoms with Crippen LogP contribution in [0, 0.1) is 0 Å². The molecule has 1 aliphatic heterocycles. The van der Waals surface area contributed by atoms with Crippen molar-refractivity contribution in [2.45, 2.75) is 19.1 Å². The Balaban J connectivity index is 1.68. The Kier molecular flexibility index (Phi) is 4.17. The van der Waals surface area contributed by atoms with Gasteiger partial charge in [0.1, 0.15) is 0 Å². The van der Waals surface area contributed by atoms with Crippen LogP contribution in [0.25, 0.3) is 10.2 Å². The summed E-state index contributed by atoms with van der Waals surface area (Å²) in [6.07, 6.45) is 3.02. The molecule has 0 aliphatic carbocycles. The number of aliphatic hydroxyl groups excluding tert-OH is 1. The zero-order valence-electron chi connectivity index (χ0n) is 14.1. The van der Waals surface area contributed by atoms with E-state index in [0.29, 0.717) is 39.9 Å². The average molecular weight is 370 g/mol. The number of hydrogen-bond donors (Lipinski definition) is 3. The molecule has 3 aromatic heterocycles. The molecule has 1 aliphatic rings. The molecule has 1 fully saturated rings. The summed E-state index contributed by atoms with van der Waals surface area (Å²) in [5.41, 5.74) is 7.83. The van der Waals surface area contributed by atoms with Gasteiger partial charge in [0, 0.05) is 25.5 Å². The number of rotatable bonds is 4. The van der Waals surface area contributed by atoms with Crippen molar-refractivity contribution in [3.8, 4) is 0 Å². The van der Waals surface area contributed by atoms with Crippen LogP contribution in [0.5, 0.6) is 0 Å². The number of β-amino-alcohol motifs (C(OH)–C–C–N with tert-alkyl or cyclic N) is 1. The third kappa shape index (κ3) is 3.06. The number of thiophene rings is 1. The van der Waals surface area contributed by atoms with E-state index < -0.39 is 6.10 Å². The normalized spacial score (nSPS) is 15.7. The van der Waals surface area contributed by atoms with Crippen molar-refractivity contribution < 1.29 is 9.90 Å². The predicted octanol–water partition coefficient (Wildman–Crippen LogP) is 1.66. The van der Waals surface area contributed by atoms with Gasteiger partial charge in [-0.15, -0.1) is 11.3 Å². The van der Waals surface area contributed by atoms with Crippen LogP contribution < -0.4 is 11.1 Å². The molecule has 3 aromatic rings. The van der Waals surface area contributed by atoms with Gasteiger partial charge in [-0.1, -0.05) is 6.07 Å². The van der Waals surface area contributed by atoms with E-state index in [9.17, 15) is 9.90 Å². The van der Waals surface area contributed by atoms with Gasteiger partial charge >= 0.3 is 0 Å². The largest absolute Gasteiger partial charge is 0.391 e. The molecule has 0 spiro atoms.